The molecule has 0 saturated heterocycles. The van der Waals surface area contributed by atoms with Crippen LogP contribution in [0.15, 0.2) is 0 Å². The Labute approximate surface area is 65.8 Å². The van der Waals surface area contributed by atoms with Gasteiger partial charge in [0.05, 0.1) is 12.0 Å². The predicted octanol–water partition coefficient (Wildman–Crippen LogP) is 0.784. The summed E-state index contributed by atoms with van der Waals surface area (Å²) in [6, 6.07) is 0. The molecule has 0 aromatic heterocycles. The third-order valence-electron chi connectivity index (χ3n) is 2.05. The van der Waals surface area contributed by atoms with Crippen LogP contribution >= 0.6 is 0 Å². The SMILES string of the molecule is N.O=C(O)C1CCC(O)CC1. The lowest BCUT2D eigenvalue weighted by Gasteiger charge is -2.21. The largest absolute Gasteiger partial charge is 0.481 e. The fraction of sp³-hybridized carbons (Fsp3) is 0.857. The van der Waals surface area contributed by atoms with Crippen LogP contribution in [0.1, 0.15) is 25.7 Å². The number of hydrogen-bond donors (Lipinski definition) is 3. The Balaban J connectivity index is 0.000001000. The number of carboxylic acids is 1. The molecule has 1 fully saturated rings. The summed E-state index contributed by atoms with van der Waals surface area (Å²) in [6.07, 6.45) is 2.32. The van der Waals surface area contributed by atoms with Crippen molar-refractivity contribution < 1.29 is 15.0 Å². The standard InChI is InChI=1S/C7H12O3.H3N/c8-6-3-1-5(2-4-6)7(9)10;/h5-6,8H,1-4H2,(H,9,10);1H3. The molecular formula is C7H15NO3. The molecule has 0 heterocycles. The molecule has 4 heteroatoms. The van der Waals surface area contributed by atoms with Gasteiger partial charge in [-0.3, -0.25) is 4.79 Å². The Morgan fingerprint density at radius 3 is 2.00 bits per heavy atom. The van der Waals surface area contributed by atoms with Gasteiger partial charge in [-0.15, -0.1) is 0 Å². The van der Waals surface area contributed by atoms with E-state index in [4.69, 9.17) is 10.2 Å². The highest BCUT2D eigenvalue weighted by Gasteiger charge is 2.24. The Kier molecular flexibility index (Phi) is 4.07. The average molecular weight is 161 g/mol. The van der Waals surface area contributed by atoms with Crippen molar-refractivity contribution in [3.8, 4) is 0 Å². The highest BCUT2D eigenvalue weighted by Crippen LogP contribution is 2.23. The van der Waals surface area contributed by atoms with E-state index in [2.05, 4.69) is 0 Å². The van der Waals surface area contributed by atoms with Crippen LogP contribution in [0.5, 0.6) is 0 Å². The van der Waals surface area contributed by atoms with E-state index in [1.807, 2.05) is 0 Å². The number of aliphatic hydroxyl groups excluding tert-OH is 1. The van der Waals surface area contributed by atoms with E-state index < -0.39 is 5.97 Å². The molecule has 0 atom stereocenters. The second-order valence-corrected chi connectivity index (χ2v) is 2.84. The van der Waals surface area contributed by atoms with Crippen molar-refractivity contribution in [2.45, 2.75) is 31.8 Å². The summed E-state index contributed by atoms with van der Waals surface area (Å²) in [5.41, 5.74) is 0. The van der Waals surface area contributed by atoms with Gasteiger partial charge in [-0.2, -0.15) is 0 Å². The molecule has 0 unspecified atom stereocenters. The minimum atomic E-state index is -0.716. The summed E-state index contributed by atoms with van der Waals surface area (Å²) >= 11 is 0. The van der Waals surface area contributed by atoms with E-state index in [0.717, 1.165) is 0 Å². The minimum Gasteiger partial charge on any atom is -0.481 e. The van der Waals surface area contributed by atoms with Crippen molar-refractivity contribution >= 4 is 5.97 Å². The van der Waals surface area contributed by atoms with Crippen LogP contribution in [-0.2, 0) is 4.79 Å². The maximum atomic E-state index is 10.4. The zero-order chi connectivity index (χ0) is 7.56. The molecule has 1 aliphatic carbocycles. The first-order chi connectivity index (χ1) is 4.70. The summed E-state index contributed by atoms with van der Waals surface area (Å²) < 4.78 is 0. The molecule has 4 nitrogen and oxygen atoms in total. The fourth-order valence-electron chi connectivity index (χ4n) is 1.32. The van der Waals surface area contributed by atoms with Crippen molar-refractivity contribution in [2.24, 2.45) is 5.92 Å². The Hall–Kier alpha value is -0.610. The van der Waals surface area contributed by atoms with Gasteiger partial charge in [0, 0.05) is 0 Å². The van der Waals surface area contributed by atoms with Gasteiger partial charge < -0.3 is 16.4 Å². The summed E-state index contributed by atoms with van der Waals surface area (Å²) in [6.45, 7) is 0. The van der Waals surface area contributed by atoms with E-state index in [1.54, 1.807) is 0 Å². The molecular weight excluding hydrogens is 146 g/mol. The van der Waals surface area contributed by atoms with Gasteiger partial charge in [0.1, 0.15) is 0 Å². The van der Waals surface area contributed by atoms with Crippen LogP contribution in [-0.4, -0.2) is 22.3 Å². The minimum absolute atomic E-state index is 0. The first-order valence-electron chi connectivity index (χ1n) is 3.61. The van der Waals surface area contributed by atoms with Crippen molar-refractivity contribution in [2.75, 3.05) is 0 Å². The molecule has 11 heavy (non-hydrogen) atoms. The van der Waals surface area contributed by atoms with Crippen LogP contribution in [0.3, 0.4) is 0 Å². The first kappa shape index (κ1) is 10.4. The maximum absolute atomic E-state index is 10.4. The van der Waals surface area contributed by atoms with Crippen LogP contribution in [0.2, 0.25) is 0 Å². The van der Waals surface area contributed by atoms with Crippen LogP contribution in [0, 0.1) is 5.92 Å². The second kappa shape index (κ2) is 4.31. The van der Waals surface area contributed by atoms with Crippen molar-refractivity contribution in [3.63, 3.8) is 0 Å². The van der Waals surface area contributed by atoms with Gasteiger partial charge in [-0.25, -0.2) is 0 Å². The lowest BCUT2D eigenvalue weighted by Crippen LogP contribution is -2.23. The normalized spacial score (nSPS) is 30.6. The predicted molar refractivity (Wildman–Crippen MR) is 40.6 cm³/mol. The molecule has 0 aliphatic heterocycles. The number of carboxylic acid groups (broad SMARTS) is 1. The first-order valence-corrected chi connectivity index (χ1v) is 3.61. The molecule has 0 spiro atoms. The van der Waals surface area contributed by atoms with E-state index in [9.17, 15) is 4.79 Å². The molecule has 1 aliphatic rings. The topological polar surface area (TPSA) is 92.5 Å². The molecule has 1 saturated carbocycles. The van der Waals surface area contributed by atoms with Crippen LogP contribution in [0.4, 0.5) is 0 Å². The summed E-state index contributed by atoms with van der Waals surface area (Å²) in [5, 5.41) is 17.6. The number of aliphatic hydroxyl groups is 1. The maximum Gasteiger partial charge on any atom is 0.306 e. The molecule has 5 N–H and O–H groups in total. The summed E-state index contributed by atoms with van der Waals surface area (Å²) in [4.78, 5) is 10.4. The molecule has 0 aromatic rings. The number of hydrogen-bond acceptors (Lipinski definition) is 3. The van der Waals surface area contributed by atoms with Crippen LogP contribution < -0.4 is 6.15 Å². The van der Waals surface area contributed by atoms with E-state index >= 15 is 0 Å². The highest BCUT2D eigenvalue weighted by atomic mass is 16.4. The molecule has 0 radical (unpaired) electrons. The summed E-state index contributed by atoms with van der Waals surface area (Å²) in [7, 11) is 0. The Bertz CT molecular complexity index is 130. The quantitative estimate of drug-likeness (QED) is 0.530. The van der Waals surface area contributed by atoms with E-state index in [1.165, 1.54) is 0 Å². The van der Waals surface area contributed by atoms with Gasteiger partial charge in [0.25, 0.3) is 0 Å². The smallest absolute Gasteiger partial charge is 0.306 e. The second-order valence-electron chi connectivity index (χ2n) is 2.84. The number of aliphatic carboxylic acids is 1. The zero-order valence-corrected chi connectivity index (χ0v) is 6.49. The van der Waals surface area contributed by atoms with Gasteiger partial charge in [0.2, 0.25) is 0 Å². The molecule has 0 amide bonds. The third-order valence-corrected chi connectivity index (χ3v) is 2.05. The third kappa shape index (κ3) is 2.86. The molecule has 0 aromatic carbocycles. The van der Waals surface area contributed by atoms with Crippen molar-refractivity contribution in [3.05, 3.63) is 0 Å². The molecule has 1 rings (SSSR count). The average Bonchev–Trinajstić information content (AvgIpc) is 1.88. The Morgan fingerprint density at radius 2 is 1.64 bits per heavy atom. The van der Waals surface area contributed by atoms with Crippen molar-refractivity contribution in [1.29, 1.82) is 0 Å². The molecule has 66 valence electrons. The summed E-state index contributed by atoms with van der Waals surface area (Å²) in [5.74, 6) is -0.921. The highest BCUT2D eigenvalue weighted by molar-refractivity contribution is 5.69. The van der Waals surface area contributed by atoms with Gasteiger partial charge >= 0.3 is 5.97 Å². The molecule has 0 bridgehead atoms. The van der Waals surface area contributed by atoms with Gasteiger partial charge in [-0.1, -0.05) is 0 Å². The number of rotatable bonds is 1. The Morgan fingerprint density at radius 1 is 1.18 bits per heavy atom. The number of carbonyl (C=O) groups is 1. The van der Waals surface area contributed by atoms with Crippen LogP contribution in [0.25, 0.3) is 0 Å². The van der Waals surface area contributed by atoms with Gasteiger partial charge in [0.15, 0.2) is 0 Å². The van der Waals surface area contributed by atoms with E-state index in [-0.39, 0.29) is 18.2 Å². The van der Waals surface area contributed by atoms with Crippen molar-refractivity contribution in [1.82, 2.24) is 6.15 Å². The van der Waals surface area contributed by atoms with E-state index in [0.29, 0.717) is 25.7 Å². The lowest BCUT2D eigenvalue weighted by atomic mass is 9.88. The zero-order valence-electron chi connectivity index (χ0n) is 6.49. The lowest BCUT2D eigenvalue weighted by molar-refractivity contribution is -0.143. The monoisotopic (exact) mass is 161 g/mol. The van der Waals surface area contributed by atoms with Gasteiger partial charge in [-0.05, 0) is 25.7 Å². The fourth-order valence-corrected chi connectivity index (χ4v) is 1.32.